The van der Waals surface area contributed by atoms with Crippen LogP contribution in [-0.2, 0) is 11.3 Å². The number of aryl methyl sites for hydroxylation is 1. The predicted molar refractivity (Wildman–Crippen MR) is 105 cm³/mol. The highest BCUT2D eigenvalue weighted by atomic mass is 35.5. The van der Waals surface area contributed by atoms with Crippen molar-refractivity contribution in [2.75, 3.05) is 24.6 Å². The molecule has 0 aliphatic carbocycles. The number of aromatic nitrogens is 3. The fraction of sp³-hybridized carbons (Fsp3) is 0.600. The van der Waals surface area contributed by atoms with Crippen molar-refractivity contribution in [3.8, 4) is 11.3 Å². The Morgan fingerprint density at radius 2 is 2.08 bits per heavy atom. The van der Waals surface area contributed by atoms with E-state index in [2.05, 4.69) is 42.0 Å². The van der Waals surface area contributed by atoms with E-state index in [0.29, 0.717) is 5.41 Å². The molecule has 2 saturated heterocycles. The molecule has 1 aromatic heterocycles. The average molecular weight is 375 g/mol. The molecule has 0 radical (unpaired) electrons. The number of benzene rings is 1. The second-order valence-corrected chi connectivity index (χ2v) is 8.86. The molecule has 1 atom stereocenters. The van der Waals surface area contributed by atoms with Crippen LogP contribution in [0.1, 0.15) is 38.7 Å². The van der Waals surface area contributed by atoms with Crippen molar-refractivity contribution in [3.05, 3.63) is 28.9 Å². The topological polar surface area (TPSA) is 43.2 Å². The summed E-state index contributed by atoms with van der Waals surface area (Å²) >= 11 is 6.52. The van der Waals surface area contributed by atoms with Crippen LogP contribution >= 0.6 is 11.6 Å². The highest BCUT2D eigenvalue weighted by Gasteiger charge is 2.35. The van der Waals surface area contributed by atoms with Crippen molar-refractivity contribution >= 4 is 17.3 Å². The quantitative estimate of drug-likeness (QED) is 0.799. The highest BCUT2D eigenvalue weighted by Crippen LogP contribution is 2.40. The smallest absolute Gasteiger partial charge is 0.113 e. The Morgan fingerprint density at radius 3 is 2.77 bits per heavy atom. The lowest BCUT2D eigenvalue weighted by Gasteiger charge is -2.47. The minimum Gasteiger partial charge on any atom is -0.376 e. The van der Waals surface area contributed by atoms with Crippen LogP contribution in [0.3, 0.4) is 0 Å². The summed E-state index contributed by atoms with van der Waals surface area (Å²) in [4.78, 5) is 2.34. The van der Waals surface area contributed by atoms with E-state index in [4.69, 9.17) is 16.3 Å². The Bertz CT molecular complexity index is 787. The molecule has 6 heteroatoms. The summed E-state index contributed by atoms with van der Waals surface area (Å²) in [6, 6.07) is 4.21. The molecule has 5 nitrogen and oxygen atoms in total. The summed E-state index contributed by atoms with van der Waals surface area (Å²) in [6.07, 6.45) is 5.78. The first kappa shape index (κ1) is 17.8. The summed E-state index contributed by atoms with van der Waals surface area (Å²) in [6.45, 7) is 10.3. The molecule has 0 unspecified atom stereocenters. The van der Waals surface area contributed by atoms with Crippen molar-refractivity contribution in [1.29, 1.82) is 0 Å². The lowest BCUT2D eigenvalue weighted by atomic mass is 9.84. The molecule has 0 amide bonds. The summed E-state index contributed by atoms with van der Waals surface area (Å²) in [5, 5.41) is 9.54. The second-order valence-electron chi connectivity index (χ2n) is 8.45. The van der Waals surface area contributed by atoms with Crippen LogP contribution in [0.15, 0.2) is 18.3 Å². The van der Waals surface area contributed by atoms with Crippen LogP contribution in [0.2, 0.25) is 5.02 Å². The van der Waals surface area contributed by atoms with Gasteiger partial charge in [-0.25, -0.2) is 4.68 Å². The maximum Gasteiger partial charge on any atom is 0.113 e. The zero-order valence-corrected chi connectivity index (χ0v) is 16.6. The molecule has 2 aliphatic rings. The van der Waals surface area contributed by atoms with E-state index < -0.39 is 0 Å². The third kappa shape index (κ3) is 3.60. The highest BCUT2D eigenvalue weighted by molar-refractivity contribution is 6.33. The SMILES string of the molecule is Cc1cc(Cl)c(N2CC(C)(C)C2)cc1-c1cn(C[C@H]2CCCCO2)nn1. The van der Waals surface area contributed by atoms with Gasteiger partial charge in [-0.05, 0) is 49.3 Å². The molecule has 0 N–H and O–H groups in total. The standard InChI is InChI=1S/C20H27ClN4O/c1-14-8-17(21)19(24-12-20(2,3)13-24)9-16(14)18-11-25(23-22-18)10-15-6-4-5-7-26-15/h8-9,11,15H,4-7,10,12-13H2,1-3H3/t15-/m1/s1. The van der Waals surface area contributed by atoms with Gasteiger partial charge in [0.05, 0.1) is 29.6 Å². The molecule has 3 heterocycles. The molecule has 140 valence electrons. The first-order valence-corrected chi connectivity index (χ1v) is 9.86. The van der Waals surface area contributed by atoms with Crippen molar-refractivity contribution < 1.29 is 4.74 Å². The molecule has 0 saturated carbocycles. The van der Waals surface area contributed by atoms with Gasteiger partial charge in [-0.15, -0.1) is 5.10 Å². The van der Waals surface area contributed by atoms with E-state index in [1.165, 1.54) is 12.8 Å². The maximum atomic E-state index is 6.52. The zero-order valence-electron chi connectivity index (χ0n) is 15.8. The molecule has 1 aromatic carbocycles. The summed E-state index contributed by atoms with van der Waals surface area (Å²) in [5.74, 6) is 0. The van der Waals surface area contributed by atoms with Gasteiger partial charge in [-0.3, -0.25) is 0 Å². The molecule has 0 bridgehead atoms. The minimum atomic E-state index is 0.253. The van der Waals surface area contributed by atoms with Gasteiger partial charge in [0.1, 0.15) is 5.69 Å². The van der Waals surface area contributed by atoms with Crippen LogP contribution in [0.4, 0.5) is 5.69 Å². The Balaban J connectivity index is 1.55. The van der Waals surface area contributed by atoms with Gasteiger partial charge >= 0.3 is 0 Å². The van der Waals surface area contributed by atoms with Gasteiger partial charge in [0.2, 0.25) is 0 Å². The van der Waals surface area contributed by atoms with Crippen molar-refractivity contribution in [3.63, 3.8) is 0 Å². The summed E-state index contributed by atoms with van der Waals surface area (Å²) in [5.41, 5.74) is 4.58. The Hall–Kier alpha value is -1.59. The van der Waals surface area contributed by atoms with Crippen LogP contribution in [0.5, 0.6) is 0 Å². The number of rotatable bonds is 4. The maximum absolute atomic E-state index is 6.52. The van der Waals surface area contributed by atoms with Gasteiger partial charge in [0, 0.05) is 25.3 Å². The molecule has 0 spiro atoms. The van der Waals surface area contributed by atoms with Crippen LogP contribution in [0.25, 0.3) is 11.3 Å². The fourth-order valence-corrected chi connectivity index (χ4v) is 4.35. The predicted octanol–water partition coefficient (Wildman–Crippen LogP) is 4.32. The normalized spacial score (nSPS) is 22.3. The van der Waals surface area contributed by atoms with Gasteiger partial charge in [0.25, 0.3) is 0 Å². The van der Waals surface area contributed by atoms with E-state index in [1.54, 1.807) is 0 Å². The first-order valence-electron chi connectivity index (χ1n) is 9.48. The van der Waals surface area contributed by atoms with Crippen molar-refractivity contribution in [1.82, 2.24) is 15.0 Å². The van der Waals surface area contributed by atoms with E-state index in [-0.39, 0.29) is 6.10 Å². The molecule has 2 aliphatic heterocycles. The minimum absolute atomic E-state index is 0.253. The van der Waals surface area contributed by atoms with Crippen LogP contribution < -0.4 is 4.90 Å². The van der Waals surface area contributed by atoms with Crippen LogP contribution in [-0.4, -0.2) is 40.8 Å². The van der Waals surface area contributed by atoms with Gasteiger partial charge < -0.3 is 9.64 Å². The van der Waals surface area contributed by atoms with E-state index in [9.17, 15) is 0 Å². The molecular weight excluding hydrogens is 348 g/mol. The number of nitrogens with zero attached hydrogens (tertiary/aromatic N) is 4. The van der Waals surface area contributed by atoms with Gasteiger partial charge in [0.15, 0.2) is 0 Å². The first-order chi connectivity index (χ1) is 12.4. The number of halogens is 1. The van der Waals surface area contributed by atoms with Crippen LogP contribution in [0, 0.1) is 12.3 Å². The zero-order chi connectivity index (χ0) is 18.3. The number of anilines is 1. The van der Waals surface area contributed by atoms with E-state index in [1.807, 2.05) is 16.9 Å². The Morgan fingerprint density at radius 1 is 1.27 bits per heavy atom. The molecular formula is C20H27ClN4O. The lowest BCUT2D eigenvalue weighted by molar-refractivity contribution is 0.00370. The number of hydrogen-bond acceptors (Lipinski definition) is 4. The van der Waals surface area contributed by atoms with E-state index in [0.717, 1.165) is 60.2 Å². The van der Waals surface area contributed by atoms with Crippen molar-refractivity contribution in [2.24, 2.45) is 5.41 Å². The molecule has 2 aromatic rings. The van der Waals surface area contributed by atoms with Gasteiger partial charge in [-0.1, -0.05) is 30.7 Å². The van der Waals surface area contributed by atoms with Gasteiger partial charge in [-0.2, -0.15) is 0 Å². The third-order valence-electron chi connectivity index (χ3n) is 5.35. The molecule has 4 rings (SSSR count). The summed E-state index contributed by atoms with van der Waals surface area (Å²) in [7, 11) is 0. The Labute approximate surface area is 160 Å². The Kier molecular flexibility index (Phi) is 4.70. The van der Waals surface area contributed by atoms with E-state index >= 15 is 0 Å². The summed E-state index contributed by atoms with van der Waals surface area (Å²) < 4.78 is 7.72. The fourth-order valence-electron chi connectivity index (χ4n) is 4.01. The van der Waals surface area contributed by atoms with Crippen molar-refractivity contribution in [2.45, 2.75) is 52.7 Å². The average Bonchev–Trinajstić information content (AvgIpc) is 3.02. The monoisotopic (exact) mass is 374 g/mol. The molecule has 26 heavy (non-hydrogen) atoms. The lowest BCUT2D eigenvalue weighted by Crippen LogP contribution is -2.53. The second kappa shape index (κ2) is 6.86. The number of ether oxygens (including phenoxy) is 1. The largest absolute Gasteiger partial charge is 0.376 e. The number of hydrogen-bond donors (Lipinski definition) is 0. The molecule has 2 fully saturated rings. The third-order valence-corrected chi connectivity index (χ3v) is 5.65.